The van der Waals surface area contributed by atoms with Gasteiger partial charge in [0.2, 0.25) is 5.91 Å². The smallest absolute Gasteiger partial charge is 0.230 e. The Labute approximate surface area is 187 Å². The van der Waals surface area contributed by atoms with Gasteiger partial charge in [0.05, 0.1) is 0 Å². The fourth-order valence-corrected chi connectivity index (χ4v) is 5.08. The van der Waals surface area contributed by atoms with Crippen LogP contribution in [0.4, 0.5) is 5.69 Å². The minimum absolute atomic E-state index is 0.162. The third kappa shape index (κ3) is 6.41. The molecule has 2 aromatic carbocycles. The number of piperidine rings is 2. The van der Waals surface area contributed by atoms with Crippen LogP contribution in [0.15, 0.2) is 60.7 Å². The fraction of sp³-hybridized carbons (Fsp3) is 0.519. The van der Waals surface area contributed by atoms with Crippen molar-refractivity contribution in [3.05, 3.63) is 66.2 Å². The number of hydrogen-bond donors (Lipinski definition) is 1. The Bertz CT molecular complexity index is 781. The first-order valence-corrected chi connectivity index (χ1v) is 12.1. The molecule has 2 fully saturated rings. The van der Waals surface area contributed by atoms with Gasteiger partial charge in [-0.25, -0.2) is 0 Å². The first kappa shape index (κ1) is 22.0. The van der Waals surface area contributed by atoms with E-state index in [9.17, 15) is 4.79 Å². The summed E-state index contributed by atoms with van der Waals surface area (Å²) in [6, 6.07) is 21.2. The summed E-state index contributed by atoms with van der Waals surface area (Å²) in [5.41, 5.74) is 2.52. The zero-order valence-corrected chi connectivity index (χ0v) is 18.7. The van der Waals surface area contributed by atoms with E-state index in [4.69, 9.17) is 0 Å². The summed E-state index contributed by atoms with van der Waals surface area (Å²) >= 11 is 0. The fourth-order valence-electron chi connectivity index (χ4n) is 5.08. The van der Waals surface area contributed by atoms with Crippen molar-refractivity contribution in [2.75, 3.05) is 44.2 Å². The maximum Gasteiger partial charge on any atom is 0.230 e. The van der Waals surface area contributed by atoms with Crippen LogP contribution in [0, 0.1) is 11.8 Å². The van der Waals surface area contributed by atoms with Crippen molar-refractivity contribution in [3.8, 4) is 0 Å². The number of benzene rings is 2. The second-order valence-corrected chi connectivity index (χ2v) is 9.18. The highest BCUT2D eigenvalue weighted by molar-refractivity contribution is 5.95. The van der Waals surface area contributed by atoms with E-state index in [1.54, 1.807) is 0 Å². The molecule has 2 aliphatic heterocycles. The van der Waals surface area contributed by atoms with Crippen LogP contribution in [0.2, 0.25) is 0 Å². The second-order valence-electron chi connectivity index (χ2n) is 9.18. The quantitative estimate of drug-likeness (QED) is 0.690. The van der Waals surface area contributed by atoms with E-state index < -0.39 is 0 Å². The van der Waals surface area contributed by atoms with Crippen LogP contribution in [-0.4, -0.2) is 50.1 Å². The minimum Gasteiger partial charge on any atom is -0.317 e. The molecule has 0 saturated carbocycles. The van der Waals surface area contributed by atoms with Crippen molar-refractivity contribution in [1.82, 2.24) is 10.2 Å². The maximum absolute atomic E-state index is 13.3. The summed E-state index contributed by atoms with van der Waals surface area (Å²) in [4.78, 5) is 17.9. The molecule has 0 atom stereocenters. The van der Waals surface area contributed by atoms with Crippen LogP contribution in [0.25, 0.3) is 0 Å². The number of amides is 1. The van der Waals surface area contributed by atoms with Gasteiger partial charge in [-0.3, -0.25) is 4.79 Å². The molecule has 31 heavy (non-hydrogen) atoms. The standard InChI is InChI=1S/C27H37N3O/c31-27(25-12-16-28-17-13-25)30(26-10-5-2-6-11-26)19-7-18-29-20-14-24(15-21-29)22-23-8-3-1-4-9-23/h1-6,8-11,24-25,28H,7,12-22H2. The van der Waals surface area contributed by atoms with Crippen LogP contribution in [0.1, 0.15) is 37.7 Å². The molecule has 1 amide bonds. The topological polar surface area (TPSA) is 35.6 Å². The molecule has 166 valence electrons. The van der Waals surface area contributed by atoms with Gasteiger partial charge < -0.3 is 15.1 Å². The lowest BCUT2D eigenvalue weighted by Gasteiger charge is -2.33. The molecule has 0 unspecified atom stereocenters. The normalized spacial score (nSPS) is 18.7. The third-order valence-corrected chi connectivity index (χ3v) is 6.95. The Balaban J connectivity index is 1.25. The predicted octanol–water partition coefficient (Wildman–Crippen LogP) is 4.36. The van der Waals surface area contributed by atoms with Gasteiger partial charge in [-0.2, -0.15) is 0 Å². The molecule has 2 aliphatic rings. The molecule has 1 N–H and O–H groups in total. The zero-order chi connectivity index (χ0) is 21.3. The number of anilines is 1. The molecule has 0 aromatic heterocycles. The second kappa shape index (κ2) is 11.4. The largest absolute Gasteiger partial charge is 0.317 e. The molecule has 0 radical (unpaired) electrons. The van der Waals surface area contributed by atoms with Crippen molar-refractivity contribution >= 4 is 11.6 Å². The highest BCUT2D eigenvalue weighted by Crippen LogP contribution is 2.23. The van der Waals surface area contributed by atoms with Gasteiger partial charge in [0, 0.05) is 18.2 Å². The average molecular weight is 420 g/mol. The molecular weight excluding hydrogens is 382 g/mol. The van der Waals surface area contributed by atoms with E-state index in [0.717, 1.165) is 57.0 Å². The molecular formula is C27H37N3O. The van der Waals surface area contributed by atoms with E-state index in [0.29, 0.717) is 5.91 Å². The highest BCUT2D eigenvalue weighted by atomic mass is 16.2. The molecule has 2 saturated heterocycles. The summed E-state index contributed by atoms with van der Waals surface area (Å²) in [7, 11) is 0. The Morgan fingerprint density at radius 2 is 1.55 bits per heavy atom. The van der Waals surface area contributed by atoms with Gasteiger partial charge in [0.25, 0.3) is 0 Å². The lowest BCUT2D eigenvalue weighted by molar-refractivity contribution is -0.123. The van der Waals surface area contributed by atoms with Gasteiger partial charge in [-0.1, -0.05) is 48.5 Å². The summed E-state index contributed by atoms with van der Waals surface area (Å²) in [6.07, 6.45) is 6.72. The van der Waals surface area contributed by atoms with Crippen LogP contribution in [0.3, 0.4) is 0 Å². The van der Waals surface area contributed by atoms with Crippen molar-refractivity contribution in [2.45, 2.75) is 38.5 Å². The number of para-hydroxylation sites is 1. The van der Waals surface area contributed by atoms with Gasteiger partial charge >= 0.3 is 0 Å². The number of nitrogens with one attached hydrogen (secondary N) is 1. The lowest BCUT2D eigenvalue weighted by Crippen LogP contribution is -2.42. The summed E-state index contributed by atoms with van der Waals surface area (Å²) in [5, 5.41) is 3.38. The SMILES string of the molecule is O=C(C1CCNCC1)N(CCCN1CCC(Cc2ccccc2)CC1)c1ccccc1. The Kier molecular flexibility index (Phi) is 8.14. The average Bonchev–Trinajstić information content (AvgIpc) is 2.84. The number of hydrogen-bond acceptors (Lipinski definition) is 3. The number of nitrogens with zero attached hydrogens (tertiary/aromatic N) is 2. The molecule has 2 heterocycles. The molecule has 0 aliphatic carbocycles. The van der Waals surface area contributed by atoms with E-state index in [-0.39, 0.29) is 5.92 Å². The van der Waals surface area contributed by atoms with Gasteiger partial charge in [0.15, 0.2) is 0 Å². The molecule has 0 spiro atoms. The zero-order valence-electron chi connectivity index (χ0n) is 18.7. The van der Waals surface area contributed by atoms with Crippen molar-refractivity contribution < 1.29 is 4.79 Å². The summed E-state index contributed by atoms with van der Waals surface area (Å²) in [6.45, 7) is 6.18. The number of likely N-dealkylation sites (tertiary alicyclic amines) is 1. The van der Waals surface area contributed by atoms with Gasteiger partial charge in [0.1, 0.15) is 0 Å². The maximum atomic E-state index is 13.3. The molecule has 0 bridgehead atoms. The van der Waals surface area contributed by atoms with Crippen LogP contribution in [-0.2, 0) is 11.2 Å². The molecule has 4 nitrogen and oxygen atoms in total. The van der Waals surface area contributed by atoms with Crippen LogP contribution in [0.5, 0.6) is 0 Å². The predicted molar refractivity (Wildman–Crippen MR) is 128 cm³/mol. The Hall–Kier alpha value is -2.17. The summed E-state index contributed by atoms with van der Waals surface area (Å²) < 4.78 is 0. The first-order valence-electron chi connectivity index (χ1n) is 12.1. The van der Waals surface area contributed by atoms with E-state index in [1.807, 2.05) is 18.2 Å². The summed E-state index contributed by atoms with van der Waals surface area (Å²) in [5.74, 6) is 1.28. The molecule has 4 heteroatoms. The van der Waals surface area contributed by atoms with Gasteiger partial charge in [-0.15, -0.1) is 0 Å². The monoisotopic (exact) mass is 419 g/mol. The first-order chi connectivity index (χ1) is 15.3. The lowest BCUT2D eigenvalue weighted by atomic mass is 9.90. The third-order valence-electron chi connectivity index (χ3n) is 6.95. The van der Waals surface area contributed by atoms with Crippen LogP contribution >= 0.6 is 0 Å². The number of carbonyl (C=O) groups excluding carboxylic acids is 1. The minimum atomic E-state index is 0.162. The van der Waals surface area contributed by atoms with E-state index >= 15 is 0 Å². The van der Waals surface area contributed by atoms with Crippen molar-refractivity contribution in [1.29, 1.82) is 0 Å². The van der Waals surface area contributed by atoms with Crippen molar-refractivity contribution in [3.63, 3.8) is 0 Å². The molecule has 2 aromatic rings. The highest BCUT2D eigenvalue weighted by Gasteiger charge is 2.27. The van der Waals surface area contributed by atoms with Gasteiger partial charge in [-0.05, 0) is 94.9 Å². The molecule has 4 rings (SSSR count). The van der Waals surface area contributed by atoms with E-state index in [1.165, 1.54) is 37.9 Å². The Morgan fingerprint density at radius 3 is 2.23 bits per heavy atom. The number of carbonyl (C=O) groups is 1. The number of rotatable bonds is 8. The van der Waals surface area contributed by atoms with Crippen LogP contribution < -0.4 is 10.2 Å². The van der Waals surface area contributed by atoms with E-state index in [2.05, 4.69) is 57.6 Å². The Morgan fingerprint density at radius 1 is 0.903 bits per heavy atom. The van der Waals surface area contributed by atoms with Crippen molar-refractivity contribution in [2.24, 2.45) is 11.8 Å².